The summed E-state index contributed by atoms with van der Waals surface area (Å²) in [7, 11) is 3.08. The van der Waals surface area contributed by atoms with Crippen LogP contribution < -0.4 is 0 Å². The Balaban J connectivity index is 2.04. The summed E-state index contributed by atoms with van der Waals surface area (Å²) in [6.07, 6.45) is -0.439. The first-order valence-corrected chi connectivity index (χ1v) is 7.39. The smallest absolute Gasteiger partial charge is 0.209 e. The molecule has 1 aromatic carbocycles. The molecule has 0 saturated carbocycles. The molecule has 6 nitrogen and oxygen atoms in total. The fourth-order valence-electron chi connectivity index (χ4n) is 1.60. The van der Waals surface area contributed by atoms with Crippen LogP contribution in [0.25, 0.3) is 0 Å². The summed E-state index contributed by atoms with van der Waals surface area (Å²) in [4.78, 5) is 0. The van der Waals surface area contributed by atoms with Crippen molar-refractivity contribution in [3.05, 3.63) is 34.6 Å². The van der Waals surface area contributed by atoms with Gasteiger partial charge in [0.1, 0.15) is 5.82 Å². The van der Waals surface area contributed by atoms with Crippen molar-refractivity contribution in [2.24, 2.45) is 0 Å². The minimum atomic E-state index is -0.439. The van der Waals surface area contributed by atoms with E-state index in [-0.39, 0.29) is 5.82 Å². The number of ether oxygens (including phenoxy) is 2. The van der Waals surface area contributed by atoms with Crippen LogP contribution in [0, 0.1) is 5.82 Å². The van der Waals surface area contributed by atoms with Gasteiger partial charge in [-0.1, -0.05) is 23.4 Å². The van der Waals surface area contributed by atoms with Crippen LogP contribution >= 0.6 is 23.4 Å². The number of methoxy groups -OCH3 is 2. The predicted molar refractivity (Wildman–Crippen MR) is 76.6 cm³/mol. The van der Waals surface area contributed by atoms with Gasteiger partial charge in [-0.2, -0.15) is 0 Å². The molecule has 0 radical (unpaired) electrons. The standard InChI is InChI=1S/C12H14ClFN4O2S/c1-19-11(20-2)6-18-12(15-16-17-18)21-7-8-5-9(14)3-4-10(8)13/h3-5,11H,6-7H2,1-2H3. The van der Waals surface area contributed by atoms with Crippen molar-refractivity contribution in [2.45, 2.75) is 23.7 Å². The zero-order valence-corrected chi connectivity index (χ0v) is 13.1. The molecule has 9 heteroatoms. The largest absolute Gasteiger partial charge is 0.354 e. The van der Waals surface area contributed by atoms with Gasteiger partial charge in [-0.05, 0) is 34.2 Å². The van der Waals surface area contributed by atoms with Crippen molar-refractivity contribution in [1.29, 1.82) is 0 Å². The first-order chi connectivity index (χ1) is 10.1. The molecule has 0 unspecified atom stereocenters. The molecule has 114 valence electrons. The highest BCUT2D eigenvalue weighted by Gasteiger charge is 2.13. The highest BCUT2D eigenvalue weighted by molar-refractivity contribution is 7.98. The van der Waals surface area contributed by atoms with Gasteiger partial charge in [0.25, 0.3) is 0 Å². The first kappa shape index (κ1) is 16.2. The molecule has 21 heavy (non-hydrogen) atoms. The van der Waals surface area contributed by atoms with Gasteiger partial charge in [0.05, 0.1) is 6.54 Å². The number of halogens is 2. The second kappa shape index (κ2) is 7.69. The van der Waals surface area contributed by atoms with Crippen LogP contribution in [-0.4, -0.2) is 40.7 Å². The van der Waals surface area contributed by atoms with E-state index in [4.69, 9.17) is 21.1 Å². The number of nitrogens with zero attached hydrogens (tertiary/aromatic N) is 4. The summed E-state index contributed by atoms with van der Waals surface area (Å²) in [5.41, 5.74) is 0.686. The number of hydrogen-bond donors (Lipinski definition) is 0. The molecule has 1 aromatic heterocycles. The Morgan fingerprint density at radius 1 is 1.38 bits per heavy atom. The summed E-state index contributed by atoms with van der Waals surface area (Å²) in [6, 6.07) is 4.25. The van der Waals surface area contributed by atoms with Gasteiger partial charge in [-0.25, -0.2) is 9.07 Å². The number of hydrogen-bond acceptors (Lipinski definition) is 6. The second-order valence-electron chi connectivity index (χ2n) is 4.07. The van der Waals surface area contributed by atoms with Crippen molar-refractivity contribution in [1.82, 2.24) is 20.2 Å². The predicted octanol–water partition coefficient (Wildman–Crippen LogP) is 2.38. The van der Waals surface area contributed by atoms with Crippen LogP contribution in [0.15, 0.2) is 23.4 Å². The highest BCUT2D eigenvalue weighted by Crippen LogP contribution is 2.25. The molecular formula is C12H14ClFN4O2S. The molecule has 1 heterocycles. The molecule has 0 N–H and O–H groups in total. The van der Waals surface area contributed by atoms with Crippen LogP contribution in [0.2, 0.25) is 5.02 Å². The van der Waals surface area contributed by atoms with E-state index in [9.17, 15) is 4.39 Å². The fourth-order valence-corrected chi connectivity index (χ4v) is 2.74. The van der Waals surface area contributed by atoms with Crippen LogP contribution in [0.4, 0.5) is 4.39 Å². The Bertz CT molecular complexity index is 594. The summed E-state index contributed by atoms with van der Waals surface area (Å²) in [6.45, 7) is 0.360. The maximum atomic E-state index is 13.2. The topological polar surface area (TPSA) is 62.1 Å². The molecule has 0 spiro atoms. The molecule has 0 aliphatic carbocycles. The van der Waals surface area contributed by atoms with E-state index in [1.807, 2.05) is 0 Å². The number of thioether (sulfide) groups is 1. The molecule has 0 amide bonds. The van der Waals surface area contributed by atoms with Crippen LogP contribution in [0.1, 0.15) is 5.56 Å². The summed E-state index contributed by atoms with van der Waals surface area (Å²) < 4.78 is 25.0. The van der Waals surface area contributed by atoms with Crippen molar-refractivity contribution >= 4 is 23.4 Å². The van der Waals surface area contributed by atoms with Gasteiger partial charge in [0.15, 0.2) is 6.29 Å². The van der Waals surface area contributed by atoms with Gasteiger partial charge in [0.2, 0.25) is 5.16 Å². The van der Waals surface area contributed by atoms with Crippen LogP contribution in [0.5, 0.6) is 0 Å². The molecule has 0 bridgehead atoms. The van der Waals surface area contributed by atoms with Gasteiger partial charge >= 0.3 is 0 Å². The SMILES string of the molecule is COC(Cn1nnnc1SCc1cc(F)ccc1Cl)OC. The summed E-state index contributed by atoms with van der Waals surface area (Å²) in [5, 5.41) is 12.5. The lowest BCUT2D eigenvalue weighted by atomic mass is 10.2. The van der Waals surface area contributed by atoms with Gasteiger partial charge < -0.3 is 9.47 Å². The zero-order valence-electron chi connectivity index (χ0n) is 11.5. The maximum Gasteiger partial charge on any atom is 0.209 e. The Morgan fingerprint density at radius 2 is 2.14 bits per heavy atom. The fraction of sp³-hybridized carbons (Fsp3) is 0.417. The second-order valence-corrected chi connectivity index (χ2v) is 5.42. The minimum absolute atomic E-state index is 0.326. The lowest BCUT2D eigenvalue weighted by Crippen LogP contribution is -2.21. The van der Waals surface area contributed by atoms with Gasteiger partial charge in [0, 0.05) is 25.0 Å². The summed E-state index contributed by atoms with van der Waals surface area (Å²) >= 11 is 7.38. The van der Waals surface area contributed by atoms with Crippen LogP contribution in [-0.2, 0) is 21.8 Å². The molecule has 2 rings (SSSR count). The van der Waals surface area contributed by atoms with Crippen molar-refractivity contribution in [3.8, 4) is 0 Å². The third-order valence-corrected chi connectivity index (χ3v) is 4.09. The van der Waals surface area contributed by atoms with E-state index in [2.05, 4.69) is 15.5 Å². The third kappa shape index (κ3) is 4.37. The van der Waals surface area contributed by atoms with Crippen LogP contribution in [0.3, 0.4) is 0 Å². The minimum Gasteiger partial charge on any atom is -0.354 e. The maximum absolute atomic E-state index is 13.2. The van der Waals surface area contributed by atoms with E-state index < -0.39 is 6.29 Å². The lowest BCUT2D eigenvalue weighted by molar-refractivity contribution is -0.113. The van der Waals surface area contributed by atoms with E-state index in [1.54, 1.807) is 4.68 Å². The highest BCUT2D eigenvalue weighted by atomic mass is 35.5. The average Bonchev–Trinajstić information content (AvgIpc) is 2.93. The Hall–Kier alpha value is -1.22. The Labute approximate surface area is 130 Å². The monoisotopic (exact) mass is 332 g/mol. The first-order valence-electron chi connectivity index (χ1n) is 6.02. The van der Waals surface area contributed by atoms with E-state index in [1.165, 1.54) is 44.2 Å². The number of tetrazole rings is 1. The van der Waals surface area contributed by atoms with E-state index in [0.29, 0.717) is 28.0 Å². The average molecular weight is 333 g/mol. The third-order valence-electron chi connectivity index (χ3n) is 2.71. The van der Waals surface area contributed by atoms with E-state index >= 15 is 0 Å². The Morgan fingerprint density at radius 3 is 2.86 bits per heavy atom. The van der Waals surface area contributed by atoms with Gasteiger partial charge in [-0.3, -0.25) is 0 Å². The van der Waals surface area contributed by atoms with E-state index in [0.717, 1.165) is 0 Å². The molecule has 0 aliphatic heterocycles. The number of rotatable bonds is 7. The molecule has 2 aromatic rings. The van der Waals surface area contributed by atoms with Gasteiger partial charge in [-0.15, -0.1) is 5.10 Å². The molecular weight excluding hydrogens is 319 g/mol. The Kier molecular flexibility index (Phi) is 5.92. The quantitative estimate of drug-likeness (QED) is 0.573. The molecule has 0 atom stereocenters. The summed E-state index contributed by atoms with van der Waals surface area (Å²) in [5.74, 6) is 0.134. The van der Waals surface area contributed by atoms with Crippen molar-refractivity contribution in [3.63, 3.8) is 0 Å². The zero-order chi connectivity index (χ0) is 15.2. The molecule has 0 saturated heterocycles. The number of aromatic nitrogens is 4. The van der Waals surface area contributed by atoms with Crippen molar-refractivity contribution in [2.75, 3.05) is 14.2 Å². The lowest BCUT2D eigenvalue weighted by Gasteiger charge is -2.13. The van der Waals surface area contributed by atoms with Crippen molar-refractivity contribution < 1.29 is 13.9 Å². The molecule has 0 fully saturated rings. The number of benzene rings is 1. The molecule has 0 aliphatic rings. The normalized spacial score (nSPS) is 11.3.